The number of halogens is 1. The molecule has 4 aromatic carbocycles. The lowest BCUT2D eigenvalue weighted by molar-refractivity contribution is 0.590. The molecule has 2 heterocycles. The van der Waals surface area contributed by atoms with Gasteiger partial charge in [0.05, 0.1) is 32.8 Å². The van der Waals surface area contributed by atoms with Crippen molar-refractivity contribution in [2.24, 2.45) is 0 Å². The van der Waals surface area contributed by atoms with E-state index < -0.39 is 0 Å². The first-order valence-corrected chi connectivity index (χ1v) is 12.8. The summed E-state index contributed by atoms with van der Waals surface area (Å²) in [5.41, 5.74) is 12.2. The molecule has 0 radical (unpaired) electrons. The fourth-order valence-corrected chi connectivity index (χ4v) is 6.23. The monoisotopic (exact) mass is 477 g/mol. The number of rotatable bonds is 1. The summed E-state index contributed by atoms with van der Waals surface area (Å²) in [6.07, 6.45) is 2.21. The van der Waals surface area contributed by atoms with Crippen molar-refractivity contribution in [1.82, 2.24) is 14.0 Å². The van der Waals surface area contributed by atoms with Crippen LogP contribution in [0.1, 0.15) is 48.6 Å². The van der Waals surface area contributed by atoms with Crippen LogP contribution >= 0.6 is 11.6 Å². The SMILES string of the molecule is Cc1ccc2nc3n(-c4ccc(C(C)(C)C)cc4Cl)c4ccc5c6c(ccc(c64)n3c2c1C)CC5. The van der Waals surface area contributed by atoms with E-state index in [0.29, 0.717) is 0 Å². The molecule has 0 amide bonds. The first kappa shape index (κ1) is 21.0. The summed E-state index contributed by atoms with van der Waals surface area (Å²) in [6, 6.07) is 20.0. The van der Waals surface area contributed by atoms with E-state index in [0.717, 1.165) is 40.4 Å². The summed E-state index contributed by atoms with van der Waals surface area (Å²) in [5.74, 6) is 0.896. The van der Waals surface area contributed by atoms with Crippen molar-refractivity contribution in [1.29, 1.82) is 0 Å². The van der Waals surface area contributed by atoms with Gasteiger partial charge in [-0.2, -0.15) is 0 Å². The molecule has 1 aliphatic rings. The molecule has 1 aliphatic carbocycles. The number of imidazole rings is 1. The molecule has 0 N–H and O–H groups in total. The van der Waals surface area contributed by atoms with Crippen molar-refractivity contribution < 1.29 is 0 Å². The first-order valence-electron chi connectivity index (χ1n) is 12.4. The van der Waals surface area contributed by atoms with Crippen molar-refractivity contribution >= 4 is 50.2 Å². The molecular formula is C31H28ClN3. The maximum absolute atomic E-state index is 7.05. The zero-order chi connectivity index (χ0) is 24.2. The second-order valence-electron chi connectivity index (χ2n) is 11.1. The Morgan fingerprint density at radius 3 is 2.23 bits per heavy atom. The van der Waals surface area contributed by atoms with Gasteiger partial charge in [0.2, 0.25) is 5.78 Å². The Morgan fingerprint density at radius 2 is 1.54 bits per heavy atom. The van der Waals surface area contributed by atoms with Gasteiger partial charge in [-0.15, -0.1) is 0 Å². The Kier molecular flexibility index (Phi) is 4.14. The predicted molar refractivity (Wildman–Crippen MR) is 148 cm³/mol. The van der Waals surface area contributed by atoms with Crippen molar-refractivity contribution in [3.8, 4) is 5.69 Å². The molecule has 0 aliphatic heterocycles. The molecule has 0 unspecified atom stereocenters. The molecular weight excluding hydrogens is 450 g/mol. The molecule has 35 heavy (non-hydrogen) atoms. The molecule has 0 spiro atoms. The van der Waals surface area contributed by atoms with E-state index >= 15 is 0 Å². The number of fused-ring (bicyclic) bond motifs is 4. The maximum atomic E-state index is 7.05. The van der Waals surface area contributed by atoms with E-state index in [1.54, 1.807) is 0 Å². The Labute approximate surface area is 210 Å². The Balaban J connectivity index is 1.74. The minimum absolute atomic E-state index is 0.0288. The summed E-state index contributed by atoms with van der Waals surface area (Å²) in [5, 5.41) is 3.46. The van der Waals surface area contributed by atoms with Gasteiger partial charge in [0.1, 0.15) is 0 Å². The minimum atomic E-state index is 0.0288. The number of benzene rings is 4. The highest BCUT2D eigenvalue weighted by molar-refractivity contribution is 6.32. The Morgan fingerprint density at radius 1 is 0.829 bits per heavy atom. The number of aromatic nitrogens is 3. The van der Waals surface area contributed by atoms with Crippen LogP contribution in [0.4, 0.5) is 0 Å². The van der Waals surface area contributed by atoms with Crippen LogP contribution in [0.2, 0.25) is 5.02 Å². The highest BCUT2D eigenvalue weighted by Crippen LogP contribution is 2.41. The third-order valence-electron chi connectivity index (χ3n) is 8.01. The topological polar surface area (TPSA) is 22.2 Å². The van der Waals surface area contributed by atoms with Crippen molar-refractivity contribution in [3.05, 3.63) is 87.4 Å². The first-order chi connectivity index (χ1) is 16.7. The van der Waals surface area contributed by atoms with Crippen LogP contribution in [0.3, 0.4) is 0 Å². The van der Waals surface area contributed by atoms with E-state index in [1.807, 2.05) is 0 Å². The largest absolute Gasteiger partial charge is 0.278 e. The van der Waals surface area contributed by atoms with E-state index in [4.69, 9.17) is 16.6 Å². The summed E-state index contributed by atoms with van der Waals surface area (Å²) in [6.45, 7) is 11.0. The van der Waals surface area contributed by atoms with Crippen LogP contribution in [0.25, 0.3) is 44.3 Å². The van der Waals surface area contributed by atoms with E-state index in [2.05, 4.69) is 98.2 Å². The number of hydrogen-bond acceptors (Lipinski definition) is 1. The average Bonchev–Trinajstić information content (AvgIpc) is 3.42. The molecule has 6 aromatic rings. The molecule has 3 nitrogen and oxygen atoms in total. The standard InChI is InChI=1S/C31H28ClN3/c1-17-6-12-23-29(18(17)2)35-26-14-10-20-8-7-19-9-13-25(28(26)27(19)20)34(30(35)33-23)24-15-11-21(16-22(24)32)31(3,4)5/h6,9-16H,7-8H2,1-5H3. The molecule has 0 fully saturated rings. The quantitative estimate of drug-likeness (QED) is 0.233. The molecule has 0 bridgehead atoms. The average molecular weight is 478 g/mol. The molecule has 7 rings (SSSR count). The van der Waals surface area contributed by atoms with E-state index in [1.165, 1.54) is 49.6 Å². The molecule has 4 heteroatoms. The van der Waals surface area contributed by atoms with Crippen LogP contribution in [0.5, 0.6) is 0 Å². The summed E-state index contributed by atoms with van der Waals surface area (Å²) in [4.78, 5) is 5.20. The van der Waals surface area contributed by atoms with Gasteiger partial charge in [-0.05, 0) is 95.6 Å². The number of nitrogens with zero attached hydrogens (tertiary/aromatic N) is 3. The van der Waals surface area contributed by atoms with Crippen molar-refractivity contribution in [3.63, 3.8) is 0 Å². The minimum Gasteiger partial charge on any atom is -0.278 e. The van der Waals surface area contributed by atoms with Gasteiger partial charge in [-0.25, -0.2) is 4.98 Å². The molecule has 2 aromatic heterocycles. The highest BCUT2D eigenvalue weighted by atomic mass is 35.5. The molecule has 0 saturated carbocycles. The zero-order valence-electron chi connectivity index (χ0n) is 20.8. The second kappa shape index (κ2) is 6.89. The van der Waals surface area contributed by atoms with E-state index in [9.17, 15) is 0 Å². The van der Waals surface area contributed by atoms with Crippen LogP contribution in [0, 0.1) is 13.8 Å². The van der Waals surface area contributed by atoms with Gasteiger partial charge in [0, 0.05) is 5.39 Å². The third kappa shape index (κ3) is 2.76. The van der Waals surface area contributed by atoms with Crippen LogP contribution < -0.4 is 0 Å². The maximum Gasteiger partial charge on any atom is 0.220 e. The lowest BCUT2D eigenvalue weighted by atomic mass is 9.87. The van der Waals surface area contributed by atoms with Crippen LogP contribution in [-0.4, -0.2) is 14.0 Å². The van der Waals surface area contributed by atoms with Crippen molar-refractivity contribution in [2.45, 2.75) is 52.9 Å². The Hall–Kier alpha value is -3.30. The molecule has 174 valence electrons. The van der Waals surface area contributed by atoms with Gasteiger partial charge in [0.25, 0.3) is 0 Å². The summed E-state index contributed by atoms with van der Waals surface area (Å²) >= 11 is 7.05. The smallest absolute Gasteiger partial charge is 0.220 e. The Bertz CT molecular complexity index is 1850. The zero-order valence-corrected chi connectivity index (χ0v) is 21.6. The normalized spacial score (nSPS) is 13.8. The van der Waals surface area contributed by atoms with Gasteiger partial charge >= 0.3 is 0 Å². The third-order valence-corrected chi connectivity index (χ3v) is 8.32. The second-order valence-corrected chi connectivity index (χ2v) is 11.5. The van der Waals surface area contributed by atoms with Crippen molar-refractivity contribution in [2.75, 3.05) is 0 Å². The highest BCUT2D eigenvalue weighted by Gasteiger charge is 2.25. The van der Waals surface area contributed by atoms with Crippen LogP contribution in [0.15, 0.2) is 54.6 Å². The van der Waals surface area contributed by atoms with Gasteiger partial charge in [-0.1, -0.05) is 56.6 Å². The fraction of sp³-hybridized carbons (Fsp3) is 0.258. The van der Waals surface area contributed by atoms with Gasteiger partial charge < -0.3 is 0 Å². The van der Waals surface area contributed by atoms with E-state index in [-0.39, 0.29) is 5.41 Å². The van der Waals surface area contributed by atoms with Gasteiger partial charge in [-0.3, -0.25) is 8.97 Å². The summed E-state index contributed by atoms with van der Waals surface area (Å²) in [7, 11) is 0. The fourth-order valence-electron chi connectivity index (χ4n) is 5.96. The number of hydrogen-bond donors (Lipinski definition) is 0. The van der Waals surface area contributed by atoms with Gasteiger partial charge in [0.15, 0.2) is 0 Å². The molecule has 0 atom stereocenters. The summed E-state index contributed by atoms with van der Waals surface area (Å²) < 4.78 is 4.64. The number of aryl methyl sites for hydroxylation is 4. The predicted octanol–water partition coefficient (Wildman–Crippen LogP) is 8.25. The van der Waals surface area contributed by atoms with Crippen LogP contribution in [-0.2, 0) is 18.3 Å². The lowest BCUT2D eigenvalue weighted by Gasteiger charge is -2.22. The molecule has 0 saturated heterocycles. The lowest BCUT2D eigenvalue weighted by Crippen LogP contribution is -2.12.